The molecule has 0 atom stereocenters. The highest BCUT2D eigenvalue weighted by molar-refractivity contribution is 5.20. The fourth-order valence-electron chi connectivity index (χ4n) is 0.865. The molecule has 2 aromatic rings. The smallest absolute Gasteiger partial charge is 0.289 e. The quantitative estimate of drug-likeness (QED) is 0.570. The van der Waals surface area contributed by atoms with Crippen molar-refractivity contribution in [3.63, 3.8) is 0 Å². The number of H-pyrrole nitrogens is 1. The number of rotatable bonds is 1. The van der Waals surface area contributed by atoms with Gasteiger partial charge in [-0.1, -0.05) is 5.10 Å². The first-order valence-electron chi connectivity index (χ1n) is 3.25. The molecule has 12 heavy (non-hydrogen) atoms. The minimum absolute atomic E-state index is 0.160. The van der Waals surface area contributed by atoms with Crippen molar-refractivity contribution < 1.29 is 5.11 Å². The molecular weight excluding hydrogens is 160 g/mol. The van der Waals surface area contributed by atoms with Gasteiger partial charge < -0.3 is 5.11 Å². The predicted octanol–water partition coefficient (Wildman–Crippen LogP) is -1.23. The van der Waals surface area contributed by atoms with Gasteiger partial charge in [-0.25, -0.2) is 4.68 Å². The second-order valence-electron chi connectivity index (χ2n) is 2.25. The van der Waals surface area contributed by atoms with Gasteiger partial charge in [-0.05, 0) is 24.1 Å². The van der Waals surface area contributed by atoms with Crippen molar-refractivity contribution in [2.75, 3.05) is 0 Å². The number of nitrogens with zero attached hydrogens (tertiary/aromatic N) is 5. The molecule has 7 heteroatoms. The largest absolute Gasteiger partial charge is 0.858 e. The predicted molar refractivity (Wildman–Crippen MR) is 35.5 cm³/mol. The topological polar surface area (TPSA) is 95.3 Å². The standard InChI is InChI=1S/C5H6N6O/c1-3-2-4(12)11(8-3)5-6-9-10-7-5/h2,12H,1H3,(H,6,7,9,10)/p-1. The number of nitrogens with one attached hydrogen (secondary N) is 1. The molecule has 2 rings (SSSR count). The van der Waals surface area contributed by atoms with Crippen molar-refractivity contribution in [3.05, 3.63) is 11.8 Å². The van der Waals surface area contributed by atoms with Crippen LogP contribution in [0.3, 0.4) is 0 Å². The van der Waals surface area contributed by atoms with Gasteiger partial charge in [0.25, 0.3) is 5.95 Å². The Kier molecular flexibility index (Phi) is 1.29. The number of aromatic nitrogens is 6. The highest BCUT2D eigenvalue weighted by atomic mass is 16.3. The Morgan fingerprint density at radius 1 is 1.58 bits per heavy atom. The monoisotopic (exact) mass is 165 g/mol. The lowest BCUT2D eigenvalue weighted by Crippen LogP contribution is -2.05. The minimum Gasteiger partial charge on any atom is -0.858 e. The van der Waals surface area contributed by atoms with Crippen LogP contribution in [0.15, 0.2) is 6.07 Å². The fraction of sp³-hybridized carbons (Fsp3) is 0.200. The van der Waals surface area contributed by atoms with Gasteiger partial charge in [-0.3, -0.25) is 0 Å². The number of tetrazole rings is 1. The molecule has 0 aromatic carbocycles. The Bertz CT molecular complexity index is 377. The van der Waals surface area contributed by atoms with Crippen LogP contribution in [-0.2, 0) is 0 Å². The molecule has 0 aliphatic rings. The number of hydrogen-bond donors (Lipinski definition) is 1. The van der Waals surface area contributed by atoms with Crippen LogP contribution in [0.25, 0.3) is 5.95 Å². The number of aromatic amines is 1. The SMILES string of the molecule is Cc1cc([O-])n(-c2nn[nH]n2)n1. The summed E-state index contributed by atoms with van der Waals surface area (Å²) >= 11 is 0. The molecular formula is C5H5N6O-. The van der Waals surface area contributed by atoms with Gasteiger partial charge in [-0.2, -0.15) is 10.3 Å². The summed E-state index contributed by atoms with van der Waals surface area (Å²) in [5.74, 6) is -0.0954. The molecule has 0 spiro atoms. The van der Waals surface area contributed by atoms with Crippen molar-refractivity contribution in [1.82, 2.24) is 30.4 Å². The summed E-state index contributed by atoms with van der Waals surface area (Å²) in [5.41, 5.74) is 0.629. The van der Waals surface area contributed by atoms with E-state index in [0.29, 0.717) is 5.69 Å². The van der Waals surface area contributed by atoms with E-state index in [-0.39, 0.29) is 11.8 Å². The Morgan fingerprint density at radius 3 is 2.92 bits per heavy atom. The van der Waals surface area contributed by atoms with Crippen LogP contribution in [0, 0.1) is 6.92 Å². The van der Waals surface area contributed by atoms with Gasteiger partial charge in [0.05, 0.1) is 5.69 Å². The summed E-state index contributed by atoms with van der Waals surface area (Å²) in [6.45, 7) is 1.72. The van der Waals surface area contributed by atoms with Crippen LogP contribution < -0.4 is 5.11 Å². The second kappa shape index (κ2) is 2.29. The Morgan fingerprint density at radius 2 is 2.42 bits per heavy atom. The first kappa shape index (κ1) is 6.77. The Labute approximate surface area is 67.0 Å². The highest BCUT2D eigenvalue weighted by Crippen LogP contribution is 2.09. The highest BCUT2D eigenvalue weighted by Gasteiger charge is 2.03. The normalized spacial score (nSPS) is 10.4. The summed E-state index contributed by atoms with van der Waals surface area (Å²) in [7, 11) is 0. The molecule has 7 nitrogen and oxygen atoms in total. The van der Waals surface area contributed by atoms with Crippen LogP contribution in [0.4, 0.5) is 0 Å². The van der Waals surface area contributed by atoms with E-state index < -0.39 is 0 Å². The van der Waals surface area contributed by atoms with E-state index >= 15 is 0 Å². The van der Waals surface area contributed by atoms with E-state index in [4.69, 9.17) is 0 Å². The zero-order valence-corrected chi connectivity index (χ0v) is 6.22. The molecule has 0 unspecified atom stereocenters. The van der Waals surface area contributed by atoms with Gasteiger partial charge in [0.15, 0.2) is 0 Å². The van der Waals surface area contributed by atoms with E-state index in [1.165, 1.54) is 6.07 Å². The minimum atomic E-state index is -0.256. The lowest BCUT2D eigenvalue weighted by Gasteiger charge is -2.03. The van der Waals surface area contributed by atoms with Crippen molar-refractivity contribution in [2.45, 2.75) is 6.92 Å². The Balaban J connectivity index is 2.54. The zero-order valence-electron chi connectivity index (χ0n) is 6.22. The molecule has 0 amide bonds. The molecule has 2 heterocycles. The van der Waals surface area contributed by atoms with E-state index in [0.717, 1.165) is 4.68 Å². The number of aryl methyl sites for hydroxylation is 1. The van der Waals surface area contributed by atoms with Gasteiger partial charge >= 0.3 is 0 Å². The molecule has 1 N–H and O–H groups in total. The van der Waals surface area contributed by atoms with Crippen LogP contribution in [0.2, 0.25) is 0 Å². The maximum Gasteiger partial charge on any atom is 0.289 e. The molecule has 0 aliphatic heterocycles. The first-order valence-corrected chi connectivity index (χ1v) is 3.25. The van der Waals surface area contributed by atoms with E-state index in [1.54, 1.807) is 6.92 Å². The van der Waals surface area contributed by atoms with Crippen LogP contribution in [0.5, 0.6) is 5.88 Å². The van der Waals surface area contributed by atoms with E-state index in [9.17, 15) is 5.11 Å². The summed E-state index contributed by atoms with van der Waals surface area (Å²) < 4.78 is 1.08. The lowest BCUT2D eigenvalue weighted by molar-refractivity contribution is -0.277. The molecule has 0 saturated heterocycles. The Hall–Kier alpha value is -1.92. The third-order valence-electron chi connectivity index (χ3n) is 1.32. The molecule has 0 fully saturated rings. The average Bonchev–Trinajstić information content (AvgIpc) is 2.58. The van der Waals surface area contributed by atoms with Gasteiger partial charge in [0.1, 0.15) is 0 Å². The van der Waals surface area contributed by atoms with Gasteiger partial charge in [-0.15, -0.1) is 5.10 Å². The second-order valence-corrected chi connectivity index (χ2v) is 2.25. The molecule has 0 radical (unpaired) electrons. The van der Waals surface area contributed by atoms with Crippen molar-refractivity contribution in [3.8, 4) is 11.8 Å². The van der Waals surface area contributed by atoms with E-state index in [2.05, 4.69) is 25.7 Å². The van der Waals surface area contributed by atoms with Crippen molar-refractivity contribution >= 4 is 0 Å². The van der Waals surface area contributed by atoms with E-state index in [1.807, 2.05) is 0 Å². The average molecular weight is 165 g/mol. The maximum atomic E-state index is 11.1. The van der Waals surface area contributed by atoms with Gasteiger partial charge in [0.2, 0.25) is 0 Å². The summed E-state index contributed by atoms with van der Waals surface area (Å²) in [6.07, 6.45) is 0. The summed E-state index contributed by atoms with van der Waals surface area (Å²) in [4.78, 5) is 0. The van der Waals surface area contributed by atoms with Crippen LogP contribution in [0.1, 0.15) is 5.69 Å². The zero-order chi connectivity index (χ0) is 8.55. The molecule has 2 aromatic heterocycles. The number of hydrogen-bond acceptors (Lipinski definition) is 5. The van der Waals surface area contributed by atoms with Crippen LogP contribution in [-0.4, -0.2) is 30.4 Å². The third-order valence-corrected chi connectivity index (χ3v) is 1.32. The fourth-order valence-corrected chi connectivity index (χ4v) is 0.865. The third kappa shape index (κ3) is 0.911. The van der Waals surface area contributed by atoms with Crippen molar-refractivity contribution in [2.24, 2.45) is 0 Å². The van der Waals surface area contributed by atoms with Crippen molar-refractivity contribution in [1.29, 1.82) is 0 Å². The molecule has 0 saturated carbocycles. The molecule has 62 valence electrons. The molecule has 0 aliphatic carbocycles. The maximum absolute atomic E-state index is 11.1. The molecule has 0 bridgehead atoms. The summed E-state index contributed by atoms with van der Waals surface area (Å²) in [5, 5.41) is 27.8. The first-order chi connectivity index (χ1) is 5.77. The lowest BCUT2D eigenvalue weighted by atomic mass is 10.5. The summed E-state index contributed by atoms with van der Waals surface area (Å²) in [6, 6.07) is 1.40. The van der Waals surface area contributed by atoms with Crippen LogP contribution >= 0.6 is 0 Å². The van der Waals surface area contributed by atoms with Gasteiger partial charge in [0, 0.05) is 0 Å².